The highest BCUT2D eigenvalue weighted by atomic mass is 79.9. The van der Waals surface area contributed by atoms with Gasteiger partial charge in [-0.05, 0) is 64.3 Å². The second-order valence-electron chi connectivity index (χ2n) is 4.81. The number of halogens is 3. The van der Waals surface area contributed by atoms with Crippen LogP contribution in [0.2, 0.25) is 0 Å². The van der Waals surface area contributed by atoms with Crippen molar-refractivity contribution in [3.8, 4) is 0 Å². The topological polar surface area (TPSA) is 41.1 Å². The molecule has 0 bridgehead atoms. The van der Waals surface area contributed by atoms with Crippen molar-refractivity contribution in [3.05, 3.63) is 25.6 Å². The lowest BCUT2D eigenvalue weighted by atomic mass is 10.2. The van der Waals surface area contributed by atoms with Crippen LogP contribution in [0.1, 0.15) is 33.6 Å². The van der Waals surface area contributed by atoms with E-state index in [1.165, 1.54) is 0 Å². The molecule has 0 aromatic heterocycles. The van der Waals surface area contributed by atoms with Gasteiger partial charge in [0.25, 0.3) is 0 Å². The molecule has 1 rings (SSSR count). The van der Waals surface area contributed by atoms with Crippen LogP contribution in [0.5, 0.6) is 0 Å². The number of anilines is 1. The number of amides is 1. The monoisotopic (exact) mass is 468 g/mol. The third kappa shape index (κ3) is 5.37. The minimum atomic E-state index is -0.303. The van der Waals surface area contributed by atoms with Crippen molar-refractivity contribution < 1.29 is 4.79 Å². The Morgan fingerprint density at radius 2 is 1.75 bits per heavy atom. The maximum atomic E-state index is 12.1. The molecular formula is C14H19Br3N2O. The van der Waals surface area contributed by atoms with E-state index in [-0.39, 0.29) is 18.0 Å². The average Bonchev–Trinajstić information content (AvgIpc) is 2.33. The van der Waals surface area contributed by atoms with Crippen molar-refractivity contribution in [2.75, 3.05) is 5.32 Å². The van der Waals surface area contributed by atoms with E-state index >= 15 is 0 Å². The first-order valence-corrected chi connectivity index (χ1v) is 8.94. The number of carbonyl (C=O) groups is 1. The number of carbonyl (C=O) groups excluding carboxylic acids is 1. The minimum Gasteiger partial charge on any atom is -0.372 e. The molecule has 0 aliphatic carbocycles. The van der Waals surface area contributed by atoms with Gasteiger partial charge in [-0.15, -0.1) is 0 Å². The highest BCUT2D eigenvalue weighted by Gasteiger charge is 2.17. The van der Waals surface area contributed by atoms with Crippen LogP contribution in [-0.2, 0) is 4.79 Å². The molecule has 2 unspecified atom stereocenters. The van der Waals surface area contributed by atoms with Gasteiger partial charge in [-0.2, -0.15) is 0 Å². The van der Waals surface area contributed by atoms with E-state index < -0.39 is 0 Å². The molecule has 0 radical (unpaired) electrons. The van der Waals surface area contributed by atoms with Crippen LogP contribution in [0.15, 0.2) is 25.6 Å². The Kier molecular flexibility index (Phi) is 7.54. The van der Waals surface area contributed by atoms with Gasteiger partial charge in [0.1, 0.15) is 6.04 Å². The van der Waals surface area contributed by atoms with Gasteiger partial charge in [-0.1, -0.05) is 29.3 Å². The number of hydrogen-bond acceptors (Lipinski definition) is 2. The molecule has 0 heterocycles. The van der Waals surface area contributed by atoms with E-state index in [2.05, 4.69) is 65.3 Å². The van der Waals surface area contributed by atoms with E-state index in [1.807, 2.05) is 26.0 Å². The Hall–Kier alpha value is -0.0700. The first-order chi connectivity index (χ1) is 9.35. The summed E-state index contributed by atoms with van der Waals surface area (Å²) in [4.78, 5) is 12.1. The fourth-order valence-electron chi connectivity index (χ4n) is 1.84. The Bertz CT molecular complexity index is 456. The van der Waals surface area contributed by atoms with E-state index in [1.54, 1.807) is 0 Å². The van der Waals surface area contributed by atoms with E-state index in [0.29, 0.717) is 0 Å². The second-order valence-corrected chi connectivity index (χ2v) is 7.43. The first-order valence-electron chi connectivity index (χ1n) is 6.56. The van der Waals surface area contributed by atoms with Gasteiger partial charge in [0.2, 0.25) is 5.91 Å². The maximum Gasteiger partial charge on any atom is 0.242 e. The molecule has 112 valence electrons. The summed E-state index contributed by atoms with van der Waals surface area (Å²) in [6.45, 7) is 5.99. The number of nitrogens with one attached hydrogen (secondary N) is 2. The summed E-state index contributed by atoms with van der Waals surface area (Å²) in [6.07, 6.45) is 2.05. The molecule has 0 spiro atoms. The SMILES string of the molecule is CCCC(C)NC(=O)C(C)Nc1c(Br)cc(Br)cc1Br. The Morgan fingerprint density at radius 1 is 1.20 bits per heavy atom. The van der Waals surface area contributed by atoms with Crippen molar-refractivity contribution >= 4 is 59.4 Å². The van der Waals surface area contributed by atoms with Crippen molar-refractivity contribution in [2.24, 2.45) is 0 Å². The molecule has 0 saturated heterocycles. The fourth-order valence-corrected chi connectivity index (χ4v) is 4.32. The summed E-state index contributed by atoms with van der Waals surface area (Å²) in [5.41, 5.74) is 0.874. The molecule has 2 N–H and O–H groups in total. The zero-order valence-electron chi connectivity index (χ0n) is 11.8. The van der Waals surface area contributed by atoms with E-state index in [9.17, 15) is 4.79 Å². The van der Waals surface area contributed by atoms with Crippen LogP contribution < -0.4 is 10.6 Å². The highest BCUT2D eigenvalue weighted by molar-refractivity contribution is 9.11. The fraction of sp³-hybridized carbons (Fsp3) is 0.500. The molecule has 1 amide bonds. The molecule has 0 saturated carbocycles. The molecule has 2 atom stereocenters. The van der Waals surface area contributed by atoms with Crippen molar-refractivity contribution in [1.82, 2.24) is 5.32 Å². The summed E-state index contributed by atoms with van der Waals surface area (Å²) < 4.78 is 2.77. The number of benzene rings is 1. The molecular weight excluding hydrogens is 452 g/mol. The van der Waals surface area contributed by atoms with Gasteiger partial charge in [-0.25, -0.2) is 0 Å². The van der Waals surface area contributed by atoms with Gasteiger partial charge < -0.3 is 10.6 Å². The minimum absolute atomic E-state index is 0.00710. The van der Waals surface area contributed by atoms with Gasteiger partial charge in [0.05, 0.1) is 5.69 Å². The predicted octanol–water partition coefficient (Wildman–Crippen LogP) is 5.08. The average molecular weight is 471 g/mol. The van der Waals surface area contributed by atoms with Crippen LogP contribution in [0.25, 0.3) is 0 Å². The first kappa shape index (κ1) is 18.0. The molecule has 1 aromatic carbocycles. The second kappa shape index (κ2) is 8.39. The van der Waals surface area contributed by atoms with Crippen molar-refractivity contribution in [3.63, 3.8) is 0 Å². The van der Waals surface area contributed by atoms with Gasteiger partial charge in [0.15, 0.2) is 0 Å². The predicted molar refractivity (Wildman–Crippen MR) is 95.1 cm³/mol. The summed E-state index contributed by atoms with van der Waals surface area (Å²) >= 11 is 10.4. The lowest BCUT2D eigenvalue weighted by molar-refractivity contribution is -0.122. The summed E-state index contributed by atoms with van der Waals surface area (Å²) in [6, 6.07) is 3.78. The Balaban J connectivity index is 2.71. The normalized spacial score (nSPS) is 13.7. The number of hydrogen-bond donors (Lipinski definition) is 2. The van der Waals surface area contributed by atoms with Crippen LogP contribution in [0.3, 0.4) is 0 Å². The summed E-state index contributed by atoms with van der Waals surface area (Å²) in [5.74, 6) is 0.00710. The molecule has 0 aliphatic heterocycles. The van der Waals surface area contributed by atoms with E-state index in [0.717, 1.165) is 31.9 Å². The Labute approximate surface area is 145 Å². The van der Waals surface area contributed by atoms with Crippen LogP contribution in [0.4, 0.5) is 5.69 Å². The molecule has 20 heavy (non-hydrogen) atoms. The summed E-state index contributed by atoms with van der Waals surface area (Å²) in [5, 5.41) is 6.24. The van der Waals surface area contributed by atoms with Crippen molar-refractivity contribution in [1.29, 1.82) is 0 Å². The van der Waals surface area contributed by atoms with Crippen LogP contribution >= 0.6 is 47.8 Å². The lowest BCUT2D eigenvalue weighted by Crippen LogP contribution is -2.42. The molecule has 0 fully saturated rings. The summed E-state index contributed by atoms with van der Waals surface area (Å²) in [7, 11) is 0. The quantitative estimate of drug-likeness (QED) is 0.608. The maximum absolute atomic E-state index is 12.1. The van der Waals surface area contributed by atoms with Gasteiger partial charge >= 0.3 is 0 Å². The molecule has 0 aliphatic rings. The zero-order valence-corrected chi connectivity index (χ0v) is 16.5. The molecule has 6 heteroatoms. The third-order valence-corrected chi connectivity index (χ3v) is 4.58. The third-order valence-electron chi connectivity index (χ3n) is 2.87. The standard InChI is InChI=1S/C14H19Br3N2O/c1-4-5-8(2)18-14(20)9(3)19-13-11(16)6-10(15)7-12(13)17/h6-9,19H,4-5H2,1-3H3,(H,18,20). The van der Waals surface area contributed by atoms with Gasteiger partial charge in [0, 0.05) is 19.5 Å². The lowest BCUT2D eigenvalue weighted by Gasteiger charge is -2.20. The molecule has 3 nitrogen and oxygen atoms in total. The smallest absolute Gasteiger partial charge is 0.242 e. The van der Waals surface area contributed by atoms with Crippen LogP contribution in [-0.4, -0.2) is 18.0 Å². The van der Waals surface area contributed by atoms with Gasteiger partial charge in [-0.3, -0.25) is 4.79 Å². The number of rotatable bonds is 6. The molecule has 1 aromatic rings. The van der Waals surface area contributed by atoms with Crippen LogP contribution in [0, 0.1) is 0 Å². The highest BCUT2D eigenvalue weighted by Crippen LogP contribution is 2.34. The van der Waals surface area contributed by atoms with E-state index in [4.69, 9.17) is 0 Å². The largest absolute Gasteiger partial charge is 0.372 e. The van der Waals surface area contributed by atoms with Crippen molar-refractivity contribution in [2.45, 2.75) is 45.7 Å². The Morgan fingerprint density at radius 3 is 2.25 bits per heavy atom. The zero-order chi connectivity index (χ0) is 15.3.